The van der Waals surface area contributed by atoms with Crippen LogP contribution in [-0.2, 0) is 30.9 Å². The minimum Gasteiger partial charge on any atom is -0.493 e. The van der Waals surface area contributed by atoms with Crippen molar-refractivity contribution in [1.29, 1.82) is 0 Å². The van der Waals surface area contributed by atoms with Crippen LogP contribution in [0.15, 0.2) is 17.1 Å². The van der Waals surface area contributed by atoms with Gasteiger partial charge in [0, 0.05) is 26.1 Å². The van der Waals surface area contributed by atoms with Gasteiger partial charge in [-0.1, -0.05) is 0 Å². The van der Waals surface area contributed by atoms with E-state index in [1.807, 2.05) is 23.7 Å². The lowest BCUT2D eigenvalue weighted by molar-refractivity contribution is 0.177. The second kappa shape index (κ2) is 12.7. The van der Waals surface area contributed by atoms with Gasteiger partial charge in [-0.3, -0.25) is 0 Å². The van der Waals surface area contributed by atoms with Gasteiger partial charge in [0.15, 0.2) is 23.3 Å². The summed E-state index contributed by atoms with van der Waals surface area (Å²) in [6, 6.07) is 4.03. The molecule has 0 spiro atoms. The average molecular weight is 560 g/mol. The summed E-state index contributed by atoms with van der Waals surface area (Å²) in [5, 5.41) is 11.4. The molecular formula is C21H33IN6O4. The van der Waals surface area contributed by atoms with Crippen LogP contribution in [0.25, 0.3) is 0 Å². The number of hydrogen-bond acceptors (Lipinski definition) is 7. The molecule has 0 saturated heterocycles. The molecule has 1 atom stereocenters. The van der Waals surface area contributed by atoms with E-state index < -0.39 is 0 Å². The van der Waals surface area contributed by atoms with Crippen LogP contribution in [0.4, 0.5) is 0 Å². The van der Waals surface area contributed by atoms with Gasteiger partial charge >= 0.3 is 0 Å². The number of guanidine groups is 1. The number of nitrogens with zero attached hydrogens (tertiary/aromatic N) is 4. The summed E-state index contributed by atoms with van der Waals surface area (Å²) in [6.45, 7) is 4.44. The third-order valence-electron chi connectivity index (χ3n) is 5.00. The zero-order valence-electron chi connectivity index (χ0n) is 19.3. The molecule has 0 radical (unpaired) electrons. The quantitative estimate of drug-likeness (QED) is 0.273. The van der Waals surface area contributed by atoms with Crippen molar-refractivity contribution in [1.82, 2.24) is 25.4 Å². The zero-order chi connectivity index (χ0) is 22.2. The first-order valence-electron chi connectivity index (χ1n) is 10.4. The topological polar surface area (TPSA) is 104 Å². The van der Waals surface area contributed by atoms with Crippen LogP contribution < -0.4 is 24.8 Å². The smallest absolute Gasteiger partial charge is 0.203 e. The monoisotopic (exact) mass is 560 g/mol. The lowest BCUT2D eigenvalue weighted by Crippen LogP contribution is -2.47. The number of ether oxygens (including phenoxy) is 4. The fraction of sp³-hybridized carbons (Fsp3) is 0.571. The van der Waals surface area contributed by atoms with Crippen molar-refractivity contribution in [3.63, 3.8) is 0 Å². The van der Waals surface area contributed by atoms with Crippen molar-refractivity contribution >= 4 is 29.9 Å². The van der Waals surface area contributed by atoms with Crippen LogP contribution in [0, 0.1) is 0 Å². The first-order valence-corrected chi connectivity index (χ1v) is 10.4. The lowest BCUT2D eigenvalue weighted by atomic mass is 10.1. The molecule has 178 valence electrons. The van der Waals surface area contributed by atoms with Gasteiger partial charge in [-0.15, -0.1) is 24.0 Å². The molecule has 1 aliphatic rings. The summed E-state index contributed by atoms with van der Waals surface area (Å²) in [5.74, 6) is 4.28. The van der Waals surface area contributed by atoms with E-state index in [1.165, 1.54) is 0 Å². The molecule has 11 heteroatoms. The Morgan fingerprint density at radius 3 is 2.47 bits per heavy atom. The first kappa shape index (κ1) is 26.0. The molecule has 0 fully saturated rings. The zero-order valence-corrected chi connectivity index (χ0v) is 21.6. The molecule has 0 saturated carbocycles. The maximum absolute atomic E-state index is 5.44. The molecule has 2 N–H and O–H groups in total. The number of aliphatic imine (C=N–C) groups is 1. The van der Waals surface area contributed by atoms with Crippen LogP contribution in [0.3, 0.4) is 0 Å². The molecule has 3 rings (SSSR count). The Morgan fingerprint density at radius 1 is 1.16 bits per heavy atom. The van der Waals surface area contributed by atoms with Crippen LogP contribution in [0.5, 0.6) is 17.2 Å². The van der Waals surface area contributed by atoms with Crippen molar-refractivity contribution in [2.75, 3.05) is 35.0 Å². The van der Waals surface area contributed by atoms with Gasteiger partial charge in [0.2, 0.25) is 5.75 Å². The van der Waals surface area contributed by atoms with Crippen molar-refractivity contribution in [3.8, 4) is 17.2 Å². The van der Waals surface area contributed by atoms with Gasteiger partial charge in [0.1, 0.15) is 12.4 Å². The Kier molecular flexibility index (Phi) is 10.3. The minimum absolute atomic E-state index is 0. The highest BCUT2D eigenvalue weighted by Gasteiger charge is 2.22. The molecular weight excluding hydrogens is 527 g/mol. The molecule has 32 heavy (non-hydrogen) atoms. The first-order chi connectivity index (χ1) is 15.1. The summed E-state index contributed by atoms with van der Waals surface area (Å²) in [4.78, 5) is 9.28. The SMILES string of the molecule is CCNC(=NCc1cc(OC)c(OC)c(OC)c1)NC1CCc2nc(COC)nn2C1.I. The predicted molar refractivity (Wildman–Crippen MR) is 132 cm³/mol. The molecule has 10 nitrogen and oxygen atoms in total. The molecule has 1 aromatic carbocycles. The van der Waals surface area contributed by atoms with Crippen LogP contribution >= 0.6 is 24.0 Å². The molecule has 1 unspecified atom stereocenters. The molecule has 0 amide bonds. The van der Waals surface area contributed by atoms with Crippen molar-refractivity contribution in [2.24, 2.45) is 4.99 Å². The van der Waals surface area contributed by atoms with Gasteiger partial charge in [-0.25, -0.2) is 14.7 Å². The Hall–Kier alpha value is -2.28. The van der Waals surface area contributed by atoms with Gasteiger partial charge in [0.05, 0.1) is 34.4 Å². The number of benzene rings is 1. The predicted octanol–water partition coefficient (Wildman–Crippen LogP) is 2.14. The average Bonchev–Trinajstić information content (AvgIpc) is 3.18. The molecule has 1 aromatic heterocycles. The normalized spacial score (nSPS) is 15.4. The minimum atomic E-state index is 0. The van der Waals surface area contributed by atoms with Gasteiger partial charge in [-0.05, 0) is 31.0 Å². The van der Waals surface area contributed by atoms with E-state index in [0.717, 1.165) is 49.1 Å². The van der Waals surface area contributed by atoms with Crippen molar-refractivity contribution in [3.05, 3.63) is 29.3 Å². The third-order valence-corrected chi connectivity index (χ3v) is 5.00. The van der Waals surface area contributed by atoms with E-state index in [2.05, 4.69) is 20.7 Å². The number of halogens is 1. The van der Waals surface area contributed by atoms with E-state index in [1.54, 1.807) is 28.4 Å². The molecule has 0 bridgehead atoms. The Balaban J connectivity index is 0.00000363. The van der Waals surface area contributed by atoms with Crippen LogP contribution in [-0.4, -0.2) is 61.7 Å². The third kappa shape index (κ3) is 6.37. The Bertz CT molecular complexity index is 879. The van der Waals surface area contributed by atoms with E-state index in [0.29, 0.717) is 30.4 Å². The maximum atomic E-state index is 5.44. The second-order valence-corrected chi connectivity index (χ2v) is 7.17. The summed E-state index contributed by atoms with van der Waals surface area (Å²) < 4.78 is 23.4. The van der Waals surface area contributed by atoms with Crippen molar-refractivity contribution in [2.45, 2.75) is 45.5 Å². The highest BCUT2D eigenvalue weighted by Crippen LogP contribution is 2.38. The largest absolute Gasteiger partial charge is 0.493 e. The van der Waals surface area contributed by atoms with Crippen molar-refractivity contribution < 1.29 is 18.9 Å². The Morgan fingerprint density at radius 2 is 1.88 bits per heavy atom. The summed E-state index contributed by atoms with van der Waals surface area (Å²) in [6.07, 6.45) is 1.82. The van der Waals surface area contributed by atoms with Gasteiger partial charge in [-0.2, -0.15) is 5.10 Å². The van der Waals surface area contributed by atoms with E-state index in [9.17, 15) is 0 Å². The van der Waals surface area contributed by atoms with Gasteiger partial charge < -0.3 is 29.6 Å². The standard InChI is InChI=1S/C21H32N6O4.HI/c1-6-22-21(23-11-14-9-16(29-3)20(31-5)17(10-14)30-4)24-15-7-8-19-25-18(13-28-2)26-27(19)12-15;/h9-10,15H,6-8,11-13H2,1-5H3,(H2,22,23,24);1H. The number of aromatic nitrogens is 3. The Labute approximate surface area is 206 Å². The molecule has 2 heterocycles. The number of nitrogens with one attached hydrogen (secondary N) is 2. The summed E-state index contributed by atoms with van der Waals surface area (Å²) in [7, 11) is 6.46. The number of hydrogen-bond donors (Lipinski definition) is 2. The number of aryl methyl sites for hydroxylation is 1. The van der Waals surface area contributed by atoms with Crippen LogP contribution in [0.2, 0.25) is 0 Å². The highest BCUT2D eigenvalue weighted by molar-refractivity contribution is 14.0. The number of rotatable bonds is 9. The van der Waals surface area contributed by atoms with Gasteiger partial charge in [0.25, 0.3) is 0 Å². The van der Waals surface area contributed by atoms with E-state index in [4.69, 9.17) is 23.9 Å². The lowest BCUT2D eigenvalue weighted by Gasteiger charge is -2.25. The second-order valence-electron chi connectivity index (χ2n) is 7.17. The maximum Gasteiger partial charge on any atom is 0.203 e. The number of methoxy groups -OCH3 is 4. The molecule has 2 aromatic rings. The summed E-state index contributed by atoms with van der Waals surface area (Å²) >= 11 is 0. The van der Waals surface area contributed by atoms with Crippen LogP contribution in [0.1, 0.15) is 30.6 Å². The van der Waals surface area contributed by atoms with E-state index >= 15 is 0 Å². The summed E-state index contributed by atoms with van der Waals surface area (Å²) in [5.41, 5.74) is 0.957. The fourth-order valence-electron chi connectivity index (χ4n) is 3.58. The molecule has 1 aliphatic heterocycles. The fourth-order valence-corrected chi connectivity index (χ4v) is 3.58. The highest BCUT2D eigenvalue weighted by atomic mass is 127. The van der Waals surface area contributed by atoms with E-state index in [-0.39, 0.29) is 30.0 Å². The number of fused-ring (bicyclic) bond motifs is 1. The molecule has 0 aliphatic carbocycles.